The third-order valence-electron chi connectivity index (χ3n) is 3.88. The minimum atomic E-state index is -4.52. The predicted octanol–water partition coefficient (Wildman–Crippen LogP) is 4.10. The molecule has 1 aliphatic heterocycles. The van der Waals surface area contributed by atoms with Crippen molar-refractivity contribution in [2.45, 2.75) is 24.0 Å². The first-order valence-electron chi connectivity index (χ1n) is 7.51. The van der Waals surface area contributed by atoms with Gasteiger partial charge in [0, 0.05) is 21.8 Å². The number of fused-ring (bicyclic) bond motifs is 1. The summed E-state index contributed by atoms with van der Waals surface area (Å²) >= 11 is 1.44. The monoisotopic (exact) mass is 365 g/mol. The summed E-state index contributed by atoms with van der Waals surface area (Å²) in [4.78, 5) is 25.7. The highest BCUT2D eigenvalue weighted by Gasteiger charge is 2.32. The summed E-state index contributed by atoms with van der Waals surface area (Å²) < 4.78 is 38.3. The molecule has 3 nitrogen and oxygen atoms in total. The van der Waals surface area contributed by atoms with Crippen LogP contribution in [-0.4, -0.2) is 23.5 Å². The number of Topliss-reactive ketones (excluding diaryl/α,β-unsaturated/α-hetero) is 1. The van der Waals surface area contributed by atoms with E-state index in [2.05, 4.69) is 5.32 Å². The van der Waals surface area contributed by atoms with Gasteiger partial charge in [-0.05, 0) is 37.3 Å². The fraction of sp³-hybridized carbons (Fsp3) is 0.222. The summed E-state index contributed by atoms with van der Waals surface area (Å²) in [5.74, 6) is -0.571. The molecule has 130 valence electrons. The maximum Gasteiger partial charge on any atom is 0.416 e. The van der Waals surface area contributed by atoms with Gasteiger partial charge in [-0.3, -0.25) is 9.59 Å². The number of nitrogens with one attached hydrogen (secondary N) is 1. The Morgan fingerprint density at radius 3 is 2.68 bits per heavy atom. The Hall–Kier alpha value is -2.28. The summed E-state index contributed by atoms with van der Waals surface area (Å²) in [5.41, 5.74) is 0.441. The van der Waals surface area contributed by atoms with Crippen LogP contribution in [0.3, 0.4) is 0 Å². The van der Waals surface area contributed by atoms with Crippen molar-refractivity contribution in [2.24, 2.45) is 0 Å². The standard InChI is InChI=1S/C18H14F3NO2S/c1-10-5-6-15-13(7-10)16(23)14(9-25-15)22-17(24)11-3-2-4-12(8-11)18(19,20)21/h2-8,14H,9H2,1H3,(H,22,24). The Balaban J connectivity index is 1.79. The molecule has 1 atom stereocenters. The van der Waals surface area contributed by atoms with Gasteiger partial charge < -0.3 is 5.32 Å². The summed E-state index contributed by atoms with van der Waals surface area (Å²) in [7, 11) is 0. The molecule has 0 bridgehead atoms. The van der Waals surface area contributed by atoms with Gasteiger partial charge in [-0.2, -0.15) is 13.2 Å². The van der Waals surface area contributed by atoms with Gasteiger partial charge in [-0.25, -0.2) is 0 Å². The van der Waals surface area contributed by atoms with E-state index < -0.39 is 23.7 Å². The molecule has 0 radical (unpaired) electrons. The molecule has 0 spiro atoms. The number of halogens is 3. The molecule has 0 saturated carbocycles. The van der Waals surface area contributed by atoms with Gasteiger partial charge in [0.1, 0.15) is 6.04 Å². The van der Waals surface area contributed by atoms with Crippen molar-refractivity contribution in [1.29, 1.82) is 0 Å². The van der Waals surface area contributed by atoms with Gasteiger partial charge in [0.15, 0.2) is 5.78 Å². The van der Waals surface area contributed by atoms with Crippen LogP contribution in [0.5, 0.6) is 0 Å². The first kappa shape index (κ1) is 17.5. The highest BCUT2D eigenvalue weighted by molar-refractivity contribution is 7.99. The van der Waals surface area contributed by atoms with E-state index in [-0.39, 0.29) is 11.3 Å². The first-order valence-corrected chi connectivity index (χ1v) is 8.50. The van der Waals surface area contributed by atoms with Crippen molar-refractivity contribution in [3.63, 3.8) is 0 Å². The number of aryl methyl sites for hydroxylation is 1. The quantitative estimate of drug-likeness (QED) is 0.872. The van der Waals surface area contributed by atoms with E-state index >= 15 is 0 Å². The third kappa shape index (κ3) is 3.71. The van der Waals surface area contributed by atoms with E-state index in [1.807, 2.05) is 19.1 Å². The Morgan fingerprint density at radius 1 is 1.20 bits per heavy atom. The Labute approximate surface area is 146 Å². The second kappa shape index (κ2) is 6.55. The fourth-order valence-corrected chi connectivity index (χ4v) is 3.64. The minimum Gasteiger partial charge on any atom is -0.341 e. The number of thioether (sulfide) groups is 1. The van der Waals surface area contributed by atoms with Gasteiger partial charge in [-0.15, -0.1) is 11.8 Å². The van der Waals surface area contributed by atoms with Crippen molar-refractivity contribution in [3.05, 3.63) is 64.7 Å². The number of hydrogen-bond acceptors (Lipinski definition) is 3. The molecule has 3 rings (SSSR count). The number of benzene rings is 2. The van der Waals surface area contributed by atoms with E-state index in [1.165, 1.54) is 23.9 Å². The molecule has 2 aromatic rings. The van der Waals surface area contributed by atoms with Crippen LogP contribution in [-0.2, 0) is 6.18 Å². The van der Waals surface area contributed by atoms with Crippen LogP contribution in [0.15, 0.2) is 47.4 Å². The highest BCUT2D eigenvalue weighted by Crippen LogP contribution is 2.31. The van der Waals surface area contributed by atoms with Crippen molar-refractivity contribution >= 4 is 23.5 Å². The molecular weight excluding hydrogens is 351 g/mol. The van der Waals surface area contributed by atoms with E-state index in [0.29, 0.717) is 11.3 Å². The summed E-state index contributed by atoms with van der Waals surface area (Å²) in [6, 6.07) is 8.91. The van der Waals surface area contributed by atoms with Crippen LogP contribution in [0.2, 0.25) is 0 Å². The maximum absolute atomic E-state index is 12.8. The van der Waals surface area contributed by atoms with E-state index in [0.717, 1.165) is 22.6 Å². The number of ketones is 1. The highest BCUT2D eigenvalue weighted by atomic mass is 32.2. The number of carbonyl (C=O) groups is 2. The number of amides is 1. The lowest BCUT2D eigenvalue weighted by Gasteiger charge is -2.24. The molecule has 1 aliphatic rings. The van der Waals surface area contributed by atoms with E-state index in [9.17, 15) is 22.8 Å². The lowest BCUT2D eigenvalue weighted by atomic mass is 10.0. The van der Waals surface area contributed by atoms with Crippen LogP contribution >= 0.6 is 11.8 Å². The molecular formula is C18H14F3NO2S. The van der Waals surface area contributed by atoms with Crippen LogP contribution < -0.4 is 5.32 Å². The number of hydrogen-bond donors (Lipinski definition) is 1. The SMILES string of the molecule is Cc1ccc2c(c1)C(=O)C(NC(=O)c1cccc(C(F)(F)F)c1)CS2. The normalized spacial score (nSPS) is 17.1. The van der Waals surface area contributed by atoms with Crippen molar-refractivity contribution < 1.29 is 22.8 Å². The maximum atomic E-state index is 12.8. The topological polar surface area (TPSA) is 46.2 Å². The van der Waals surface area contributed by atoms with E-state index in [4.69, 9.17) is 0 Å². The minimum absolute atomic E-state index is 0.123. The molecule has 0 aliphatic carbocycles. The predicted molar refractivity (Wildman–Crippen MR) is 88.9 cm³/mol. The van der Waals surface area contributed by atoms with Gasteiger partial charge in [0.25, 0.3) is 5.91 Å². The lowest BCUT2D eigenvalue weighted by molar-refractivity contribution is -0.137. The molecule has 1 unspecified atom stereocenters. The second-order valence-corrected chi connectivity index (χ2v) is 6.84. The molecule has 7 heteroatoms. The smallest absolute Gasteiger partial charge is 0.341 e. The Morgan fingerprint density at radius 2 is 1.96 bits per heavy atom. The van der Waals surface area contributed by atoms with E-state index in [1.54, 1.807) is 6.07 Å². The summed E-state index contributed by atoms with van der Waals surface area (Å²) in [6.07, 6.45) is -4.52. The van der Waals surface area contributed by atoms with Crippen LogP contribution in [0.1, 0.15) is 31.8 Å². The molecule has 1 N–H and O–H groups in total. The number of carbonyl (C=O) groups excluding carboxylic acids is 2. The number of rotatable bonds is 2. The first-order chi connectivity index (χ1) is 11.8. The van der Waals surface area contributed by atoms with Gasteiger partial charge in [0.2, 0.25) is 0 Å². The average Bonchev–Trinajstić information content (AvgIpc) is 2.57. The van der Waals surface area contributed by atoms with Crippen LogP contribution in [0, 0.1) is 6.92 Å². The molecule has 0 fully saturated rings. The zero-order chi connectivity index (χ0) is 18.2. The average molecular weight is 365 g/mol. The second-order valence-electron chi connectivity index (χ2n) is 5.78. The molecule has 1 amide bonds. The van der Waals surface area contributed by atoms with Gasteiger partial charge >= 0.3 is 6.18 Å². The van der Waals surface area contributed by atoms with Gasteiger partial charge in [0.05, 0.1) is 5.56 Å². The van der Waals surface area contributed by atoms with Crippen molar-refractivity contribution in [3.8, 4) is 0 Å². The zero-order valence-electron chi connectivity index (χ0n) is 13.2. The van der Waals surface area contributed by atoms with Crippen LogP contribution in [0.25, 0.3) is 0 Å². The third-order valence-corrected chi connectivity index (χ3v) is 5.05. The number of alkyl halides is 3. The molecule has 0 aromatic heterocycles. The van der Waals surface area contributed by atoms with Crippen LogP contribution in [0.4, 0.5) is 13.2 Å². The molecule has 1 heterocycles. The fourth-order valence-electron chi connectivity index (χ4n) is 2.58. The molecule has 2 aromatic carbocycles. The largest absolute Gasteiger partial charge is 0.416 e. The van der Waals surface area contributed by atoms with Gasteiger partial charge in [-0.1, -0.05) is 17.7 Å². The summed E-state index contributed by atoms with van der Waals surface area (Å²) in [5, 5.41) is 2.55. The lowest BCUT2D eigenvalue weighted by Crippen LogP contribution is -2.44. The molecule has 0 saturated heterocycles. The summed E-state index contributed by atoms with van der Waals surface area (Å²) in [6.45, 7) is 1.86. The van der Waals surface area contributed by atoms with Crippen molar-refractivity contribution in [2.75, 3.05) is 5.75 Å². The van der Waals surface area contributed by atoms with Crippen molar-refractivity contribution in [1.82, 2.24) is 5.32 Å². The molecule has 25 heavy (non-hydrogen) atoms. The Kier molecular flexibility index (Phi) is 4.60. The Bertz CT molecular complexity index is 848. The zero-order valence-corrected chi connectivity index (χ0v) is 14.0.